The van der Waals surface area contributed by atoms with Crippen molar-refractivity contribution >= 4 is 111 Å². The van der Waals surface area contributed by atoms with Crippen molar-refractivity contribution in [2.45, 2.75) is 106 Å². The number of likely N-dealkylation sites (tertiary alicyclic amines) is 1. The number of rotatable bonds is 40. The standard InChI is InChI=1S/C81H102N24O18/c82-80(83)87-22-8-16-59(72(115)94-60(33-51-37-88-57-14-6-4-12-55(51)57)73(116)97-64(79(122)105-23-9-17-66(105)78(121)99-100-81(84)123)32-48-18-20-50(21-19-48)71(114)49-10-2-1-3-11-49)93-76(119)63(36-54-40-86-47-91-54)96-77(120)65(45-106)98-74(117)61(34-52-38-89-58-15-7-5-13-56(52)58)95-75(118)62(35-53-39-85-46-90-53)92-67(107)41-101-24-26-102(42-68(108)109)28-30-104(44-70(112)113)31-29-103(27-25-101)43-69(110)111/h1-7,10-15,18-21,37-40,46-47,59-66,88-89,106H,8-9,16-17,22-36,41-45H2,(H,85,90)(H,86,91)(H,92,107)(H,93,119)(H,94,115)(H,95,118)(H,96,120)(H,97,116)(H,98,117)(H,99,121)(H,108,109)(H,110,111)(H,112,113)(H4,82,83,87)(H3,84,100,123)/t59-,60+,61+,62+,63+,64-,65+,66+/m1/s1. The summed E-state index contributed by atoms with van der Waals surface area (Å²) in [6, 6.07) is 15.4. The molecule has 2 saturated heterocycles. The number of carbonyl (C=O) groups excluding carboxylic acids is 11. The lowest BCUT2D eigenvalue weighted by molar-refractivity contribution is -0.142. The number of primary amides is 1. The molecule has 4 aromatic carbocycles. The van der Waals surface area contributed by atoms with E-state index in [9.17, 15) is 58.8 Å². The van der Waals surface area contributed by atoms with Crippen LogP contribution < -0.4 is 64.9 Å². The van der Waals surface area contributed by atoms with Gasteiger partial charge in [0.2, 0.25) is 47.3 Å². The summed E-state index contributed by atoms with van der Waals surface area (Å²) in [7, 11) is 0. The number of carboxylic acid groups (broad SMARTS) is 3. The molecule has 23 N–H and O–H groups in total. The highest BCUT2D eigenvalue weighted by Crippen LogP contribution is 2.25. The van der Waals surface area contributed by atoms with Crippen molar-refractivity contribution in [2.75, 3.05) is 98.2 Å². The number of urea groups is 1. The second kappa shape index (κ2) is 44.9. The van der Waals surface area contributed by atoms with Crippen LogP contribution in [0.3, 0.4) is 0 Å². The molecule has 8 atom stereocenters. The van der Waals surface area contributed by atoms with Gasteiger partial charge in [-0.15, -0.1) is 0 Å². The summed E-state index contributed by atoms with van der Waals surface area (Å²) in [5.41, 5.74) is 19.3. The Labute approximate surface area is 704 Å². The highest BCUT2D eigenvalue weighted by atomic mass is 16.4. The van der Waals surface area contributed by atoms with Crippen molar-refractivity contribution in [2.24, 2.45) is 11.5 Å². The number of benzene rings is 4. The van der Waals surface area contributed by atoms with Gasteiger partial charge in [-0.05, 0) is 54.5 Å². The number of carbonyl (C=O) groups is 14. The van der Waals surface area contributed by atoms with Gasteiger partial charge in [-0.25, -0.2) is 20.2 Å². The Balaban J connectivity index is 0.896. The quantitative estimate of drug-likeness (QED) is 0.00587. The molecule has 42 heteroatoms. The van der Waals surface area contributed by atoms with Gasteiger partial charge in [-0.1, -0.05) is 91.0 Å². The number of ketones is 1. The van der Waals surface area contributed by atoms with Gasteiger partial charge >= 0.3 is 23.9 Å². The number of aliphatic carboxylic acids is 3. The van der Waals surface area contributed by atoms with E-state index in [1.165, 1.54) is 29.9 Å². The van der Waals surface area contributed by atoms with Gasteiger partial charge in [0.1, 0.15) is 48.3 Å². The van der Waals surface area contributed by atoms with Crippen LogP contribution in [0.2, 0.25) is 0 Å². The molecule has 0 bridgehead atoms. The first-order chi connectivity index (χ1) is 59.1. The molecule has 2 fully saturated rings. The van der Waals surface area contributed by atoms with E-state index in [-0.39, 0.29) is 135 Å². The lowest BCUT2D eigenvalue weighted by Gasteiger charge is -2.33. The zero-order chi connectivity index (χ0) is 88.1. The lowest BCUT2D eigenvalue weighted by Crippen LogP contribution is -2.61. The predicted octanol–water partition coefficient (Wildman–Crippen LogP) is -3.35. The fraction of sp³-hybridized carbons (Fsp3) is 0.395. The molecule has 2 aliphatic rings. The Morgan fingerprint density at radius 2 is 0.886 bits per heavy atom. The van der Waals surface area contributed by atoms with Crippen molar-refractivity contribution in [1.29, 1.82) is 5.41 Å². The fourth-order valence-electron chi connectivity index (χ4n) is 14.7. The smallest absolute Gasteiger partial charge is 0.330 e. The van der Waals surface area contributed by atoms with Crippen molar-refractivity contribution < 1.29 is 87.5 Å². The molecule has 0 unspecified atom stereocenters. The fourth-order valence-corrected chi connectivity index (χ4v) is 14.7. The molecule has 10 rings (SSSR count). The number of aliphatic hydroxyl groups is 1. The number of nitrogens with one attached hydrogen (secondary N) is 15. The molecule has 6 heterocycles. The van der Waals surface area contributed by atoms with E-state index >= 15 is 28.8 Å². The predicted molar refractivity (Wildman–Crippen MR) is 443 cm³/mol. The Morgan fingerprint density at radius 1 is 0.463 bits per heavy atom. The molecular formula is C81H102N24O18. The van der Waals surface area contributed by atoms with Gasteiger partial charge < -0.3 is 99.3 Å². The van der Waals surface area contributed by atoms with E-state index in [2.05, 4.69) is 77.9 Å². The summed E-state index contributed by atoms with van der Waals surface area (Å²) in [5.74, 6) is -12.4. The Hall–Kier alpha value is -14.0. The molecule has 42 nitrogen and oxygen atoms in total. The highest BCUT2D eigenvalue weighted by Gasteiger charge is 2.41. The third-order valence-electron chi connectivity index (χ3n) is 21.0. The van der Waals surface area contributed by atoms with Gasteiger partial charge in [0.15, 0.2) is 11.7 Å². The van der Waals surface area contributed by atoms with E-state index in [0.717, 1.165) is 0 Å². The average molecular weight is 1700 g/mol. The number of para-hydroxylation sites is 2. The monoisotopic (exact) mass is 1700 g/mol. The summed E-state index contributed by atoms with van der Waals surface area (Å²) in [5, 5.41) is 71.2. The maximum Gasteiger partial charge on any atom is 0.330 e. The molecular weight excluding hydrogens is 1600 g/mol. The lowest BCUT2D eigenvalue weighted by atomic mass is 9.98. The van der Waals surface area contributed by atoms with Gasteiger partial charge in [0.25, 0.3) is 5.91 Å². The summed E-state index contributed by atoms with van der Waals surface area (Å²) in [6.45, 7) is -2.05. The number of nitrogens with zero attached hydrogens (tertiary/aromatic N) is 7. The first-order valence-electron chi connectivity index (χ1n) is 39.9. The highest BCUT2D eigenvalue weighted by molar-refractivity contribution is 6.09. The minimum atomic E-state index is -1.90. The number of H-pyrrole nitrogens is 4. The number of nitrogens with two attached hydrogens (primary N) is 2. The molecule has 8 aromatic rings. The van der Waals surface area contributed by atoms with Crippen LogP contribution in [-0.2, 0) is 89.6 Å². The topological polar surface area (TPSA) is 621 Å². The first-order valence-corrected chi connectivity index (χ1v) is 39.9. The number of aromatic nitrogens is 6. The van der Waals surface area contributed by atoms with Crippen LogP contribution in [0.4, 0.5) is 4.79 Å². The molecule has 2 aliphatic heterocycles. The maximum atomic E-state index is 15.4. The molecule has 654 valence electrons. The summed E-state index contributed by atoms with van der Waals surface area (Å²) >= 11 is 0. The van der Waals surface area contributed by atoms with Gasteiger partial charge in [0, 0.05) is 167 Å². The van der Waals surface area contributed by atoms with Crippen LogP contribution >= 0.6 is 0 Å². The number of carboxylic acids is 3. The average Bonchev–Trinajstić information content (AvgIpc) is 1.75. The minimum Gasteiger partial charge on any atom is -0.480 e. The number of aliphatic hydroxyl groups excluding tert-OH is 1. The molecule has 0 spiro atoms. The molecule has 0 aliphatic carbocycles. The molecule has 0 radical (unpaired) electrons. The molecule has 4 aromatic heterocycles. The number of hydrazine groups is 1. The number of fused-ring (bicyclic) bond motifs is 2. The minimum absolute atomic E-state index is 0.0173. The van der Waals surface area contributed by atoms with E-state index in [1.807, 2.05) is 5.43 Å². The Kier molecular flexibility index (Phi) is 33.3. The van der Waals surface area contributed by atoms with E-state index in [0.29, 0.717) is 61.7 Å². The normalized spacial score (nSPS) is 16.1. The number of amides is 11. The van der Waals surface area contributed by atoms with Crippen LogP contribution in [0.5, 0.6) is 0 Å². The maximum absolute atomic E-state index is 15.4. The molecule has 0 saturated carbocycles. The first kappa shape index (κ1) is 91.3. The van der Waals surface area contributed by atoms with E-state index in [1.54, 1.807) is 135 Å². The molecule has 11 amide bonds. The zero-order valence-electron chi connectivity index (χ0n) is 67.2. The zero-order valence-corrected chi connectivity index (χ0v) is 67.2. The number of imidazole rings is 2. The summed E-state index contributed by atoms with van der Waals surface area (Å²) < 4.78 is 0. The largest absolute Gasteiger partial charge is 0.480 e. The number of guanidine groups is 1. The van der Waals surface area contributed by atoms with Crippen molar-refractivity contribution in [1.82, 2.24) is 108 Å². The van der Waals surface area contributed by atoms with Crippen molar-refractivity contribution in [3.8, 4) is 0 Å². The number of hydrogen-bond acceptors (Lipinski definition) is 22. The van der Waals surface area contributed by atoms with Crippen molar-refractivity contribution in [3.63, 3.8) is 0 Å². The third kappa shape index (κ3) is 27.5. The Morgan fingerprint density at radius 3 is 1.35 bits per heavy atom. The van der Waals surface area contributed by atoms with Crippen LogP contribution in [0.25, 0.3) is 21.8 Å². The SMILES string of the molecule is N=C(N)NCCC[C@@H](NC(=O)[C@H](Cc1cnc[nH]1)NC(=O)[C@H](CO)NC(=O)[C@H](Cc1c[nH]c2ccccc12)NC(=O)[C@H](Cc1cnc[nH]1)NC(=O)CN1CCN(CC(=O)O)CCN(CC(=O)O)CCN(CC(=O)O)CC1)C(=O)N[C@@H](Cc1c[nH]c2ccccc12)C(=O)N[C@H](Cc1ccc(C(=O)c2ccccc2)cc1)C(=O)N1CCC[C@H]1C(=O)NNC(N)=O. The third-order valence-corrected chi connectivity index (χ3v) is 21.0. The van der Waals surface area contributed by atoms with Gasteiger partial charge in [0.05, 0.1) is 45.4 Å². The van der Waals surface area contributed by atoms with Crippen molar-refractivity contribution in [3.05, 3.63) is 180 Å². The number of aromatic amines is 4. The number of hydrogen-bond donors (Lipinski definition) is 21. The van der Waals surface area contributed by atoms with E-state index in [4.69, 9.17) is 16.9 Å². The molecule has 123 heavy (non-hydrogen) atoms. The van der Waals surface area contributed by atoms with E-state index < -0.39 is 158 Å². The Bertz CT molecular complexity index is 4980. The van der Waals surface area contributed by atoms with Crippen LogP contribution in [-0.4, -0.2) is 310 Å². The van der Waals surface area contributed by atoms with Gasteiger partial charge in [-0.2, -0.15) is 0 Å². The van der Waals surface area contributed by atoms with Crippen LogP contribution in [0.15, 0.2) is 141 Å². The summed E-state index contributed by atoms with van der Waals surface area (Å²) in [6.07, 6.45) is 7.53. The van der Waals surface area contributed by atoms with Crippen LogP contribution in [0.1, 0.15) is 69.7 Å². The second-order valence-corrected chi connectivity index (χ2v) is 29.9. The van der Waals surface area contributed by atoms with Crippen LogP contribution in [0, 0.1) is 5.41 Å². The second-order valence-electron chi connectivity index (χ2n) is 29.9. The van der Waals surface area contributed by atoms with Gasteiger partial charge in [-0.3, -0.25) is 92.8 Å². The summed E-state index contributed by atoms with van der Waals surface area (Å²) in [4.78, 5) is 223.